The van der Waals surface area contributed by atoms with Crippen LogP contribution in [0.3, 0.4) is 0 Å². The molecule has 166 valence electrons. The third-order valence-electron chi connectivity index (χ3n) is 4.86. The molecule has 2 heterocycles. The molecule has 1 saturated heterocycles. The summed E-state index contributed by atoms with van der Waals surface area (Å²) in [5.41, 5.74) is 0. The van der Waals surface area contributed by atoms with E-state index in [1.807, 2.05) is 18.2 Å². The minimum atomic E-state index is -0.0989. The van der Waals surface area contributed by atoms with E-state index in [-0.39, 0.29) is 18.4 Å². The van der Waals surface area contributed by atoms with Gasteiger partial charge in [0, 0.05) is 57.5 Å². The molecule has 0 radical (unpaired) electrons. The van der Waals surface area contributed by atoms with E-state index in [0.29, 0.717) is 37.9 Å². The number of amides is 2. The van der Waals surface area contributed by atoms with E-state index in [4.69, 9.17) is 4.42 Å². The SMILES string of the molecule is CN(C)C(=O)CN=C(NCCSc1ccccc1)N1CCN(C(=O)c2ccco2)CC1. The molecule has 1 aromatic heterocycles. The van der Waals surface area contributed by atoms with Crippen molar-refractivity contribution in [1.29, 1.82) is 0 Å². The summed E-state index contributed by atoms with van der Waals surface area (Å²) in [4.78, 5) is 35.7. The Balaban J connectivity index is 1.55. The van der Waals surface area contributed by atoms with E-state index in [2.05, 4.69) is 27.3 Å². The maximum atomic E-state index is 12.5. The first-order chi connectivity index (χ1) is 15.0. The first-order valence-corrected chi connectivity index (χ1v) is 11.3. The zero-order chi connectivity index (χ0) is 22.1. The highest BCUT2D eigenvalue weighted by molar-refractivity contribution is 7.99. The number of thioether (sulfide) groups is 1. The van der Waals surface area contributed by atoms with Crippen LogP contribution in [-0.2, 0) is 4.79 Å². The molecular weight excluding hydrogens is 414 g/mol. The van der Waals surface area contributed by atoms with Crippen LogP contribution < -0.4 is 5.32 Å². The number of likely N-dealkylation sites (N-methyl/N-ethyl adjacent to an activating group) is 1. The molecule has 2 aromatic rings. The zero-order valence-corrected chi connectivity index (χ0v) is 18.8. The van der Waals surface area contributed by atoms with E-state index < -0.39 is 0 Å². The van der Waals surface area contributed by atoms with Gasteiger partial charge in [0.25, 0.3) is 5.91 Å². The topological polar surface area (TPSA) is 81.4 Å². The fraction of sp³-hybridized carbons (Fsp3) is 0.409. The number of carbonyl (C=O) groups is 2. The van der Waals surface area contributed by atoms with Crippen molar-refractivity contribution in [1.82, 2.24) is 20.0 Å². The minimum Gasteiger partial charge on any atom is -0.459 e. The summed E-state index contributed by atoms with van der Waals surface area (Å²) in [6.45, 7) is 3.23. The Morgan fingerprint density at radius 3 is 2.42 bits per heavy atom. The molecule has 0 atom stereocenters. The molecule has 0 bridgehead atoms. The molecule has 8 nitrogen and oxygen atoms in total. The number of carbonyl (C=O) groups excluding carboxylic acids is 2. The third-order valence-corrected chi connectivity index (χ3v) is 5.87. The van der Waals surface area contributed by atoms with Crippen LogP contribution in [0.15, 0.2) is 63.0 Å². The number of piperazine rings is 1. The predicted octanol–water partition coefficient (Wildman–Crippen LogP) is 1.86. The highest BCUT2D eigenvalue weighted by Crippen LogP contribution is 2.16. The van der Waals surface area contributed by atoms with Crippen LogP contribution in [0.2, 0.25) is 0 Å². The first kappa shape index (κ1) is 22.7. The molecule has 2 amide bonds. The molecule has 1 aromatic carbocycles. The number of aliphatic imine (C=N–C) groups is 1. The maximum Gasteiger partial charge on any atom is 0.289 e. The third kappa shape index (κ3) is 6.78. The van der Waals surface area contributed by atoms with Crippen LogP contribution in [0, 0.1) is 0 Å². The van der Waals surface area contributed by atoms with Crippen LogP contribution >= 0.6 is 11.8 Å². The molecule has 3 rings (SSSR count). The Morgan fingerprint density at radius 1 is 1.06 bits per heavy atom. The monoisotopic (exact) mass is 443 g/mol. The lowest BCUT2D eigenvalue weighted by molar-refractivity contribution is -0.127. The van der Waals surface area contributed by atoms with Gasteiger partial charge < -0.3 is 24.4 Å². The number of hydrogen-bond donors (Lipinski definition) is 1. The van der Waals surface area contributed by atoms with Crippen LogP contribution in [0.25, 0.3) is 0 Å². The van der Waals surface area contributed by atoms with Gasteiger partial charge in [0.2, 0.25) is 5.91 Å². The fourth-order valence-electron chi connectivity index (χ4n) is 3.08. The molecule has 0 spiro atoms. The van der Waals surface area contributed by atoms with Crippen molar-refractivity contribution in [2.75, 3.05) is 59.1 Å². The highest BCUT2D eigenvalue weighted by atomic mass is 32.2. The van der Waals surface area contributed by atoms with Gasteiger partial charge in [-0.1, -0.05) is 18.2 Å². The second-order valence-electron chi connectivity index (χ2n) is 7.27. The van der Waals surface area contributed by atoms with Crippen LogP contribution in [0.1, 0.15) is 10.6 Å². The second kappa shape index (κ2) is 11.5. The lowest BCUT2D eigenvalue weighted by atomic mass is 10.3. The van der Waals surface area contributed by atoms with Gasteiger partial charge >= 0.3 is 0 Å². The Hall–Kier alpha value is -2.94. The van der Waals surface area contributed by atoms with Gasteiger partial charge in [-0.2, -0.15) is 0 Å². The van der Waals surface area contributed by atoms with Gasteiger partial charge in [-0.3, -0.25) is 9.59 Å². The molecular formula is C22H29N5O3S. The van der Waals surface area contributed by atoms with Crippen molar-refractivity contribution in [3.63, 3.8) is 0 Å². The smallest absolute Gasteiger partial charge is 0.289 e. The molecule has 9 heteroatoms. The molecule has 1 aliphatic rings. The van der Waals surface area contributed by atoms with Crippen molar-refractivity contribution in [2.45, 2.75) is 4.90 Å². The summed E-state index contributed by atoms with van der Waals surface area (Å²) in [6.07, 6.45) is 1.51. The summed E-state index contributed by atoms with van der Waals surface area (Å²) >= 11 is 1.77. The van der Waals surface area contributed by atoms with Gasteiger partial charge in [-0.05, 0) is 24.3 Å². The highest BCUT2D eigenvalue weighted by Gasteiger charge is 2.25. The molecule has 0 unspecified atom stereocenters. The number of rotatable bonds is 7. The summed E-state index contributed by atoms with van der Waals surface area (Å²) in [5, 5.41) is 3.39. The number of guanidine groups is 1. The molecule has 0 aliphatic carbocycles. The normalized spacial score (nSPS) is 14.5. The quantitative estimate of drug-likeness (QED) is 0.305. The fourth-order valence-corrected chi connectivity index (χ4v) is 3.87. The van der Waals surface area contributed by atoms with E-state index in [0.717, 1.165) is 12.3 Å². The van der Waals surface area contributed by atoms with Crippen molar-refractivity contribution in [2.24, 2.45) is 4.99 Å². The van der Waals surface area contributed by atoms with Crippen molar-refractivity contribution in [3.05, 3.63) is 54.5 Å². The number of furan rings is 1. The zero-order valence-electron chi connectivity index (χ0n) is 18.0. The first-order valence-electron chi connectivity index (χ1n) is 10.3. The predicted molar refractivity (Wildman–Crippen MR) is 122 cm³/mol. The van der Waals surface area contributed by atoms with Crippen LogP contribution in [0.4, 0.5) is 0 Å². The summed E-state index contributed by atoms with van der Waals surface area (Å²) < 4.78 is 5.23. The summed E-state index contributed by atoms with van der Waals surface area (Å²) in [6, 6.07) is 13.6. The van der Waals surface area contributed by atoms with Crippen molar-refractivity contribution < 1.29 is 14.0 Å². The maximum absolute atomic E-state index is 12.5. The van der Waals surface area contributed by atoms with E-state index in [1.54, 1.807) is 42.9 Å². The van der Waals surface area contributed by atoms with E-state index in [9.17, 15) is 9.59 Å². The number of nitrogens with zero attached hydrogens (tertiary/aromatic N) is 4. The largest absolute Gasteiger partial charge is 0.459 e. The van der Waals surface area contributed by atoms with Crippen LogP contribution in [-0.4, -0.2) is 91.6 Å². The lowest BCUT2D eigenvalue weighted by Crippen LogP contribution is -2.54. The Bertz CT molecular complexity index is 863. The van der Waals surface area contributed by atoms with Crippen molar-refractivity contribution in [3.8, 4) is 0 Å². The number of nitrogens with one attached hydrogen (secondary N) is 1. The van der Waals surface area contributed by atoms with E-state index in [1.165, 1.54) is 16.1 Å². The van der Waals surface area contributed by atoms with Gasteiger partial charge in [-0.25, -0.2) is 4.99 Å². The van der Waals surface area contributed by atoms with Crippen molar-refractivity contribution >= 4 is 29.5 Å². The average Bonchev–Trinajstić information content (AvgIpc) is 3.33. The average molecular weight is 444 g/mol. The van der Waals surface area contributed by atoms with Gasteiger partial charge in [-0.15, -0.1) is 11.8 Å². The number of benzene rings is 1. The molecule has 0 saturated carbocycles. The minimum absolute atomic E-state index is 0.0513. The van der Waals surface area contributed by atoms with E-state index >= 15 is 0 Å². The summed E-state index contributed by atoms with van der Waals surface area (Å²) in [5.74, 6) is 1.79. The molecule has 1 aliphatic heterocycles. The molecule has 1 N–H and O–H groups in total. The molecule has 31 heavy (non-hydrogen) atoms. The summed E-state index contributed by atoms with van der Waals surface area (Å²) in [7, 11) is 3.45. The van der Waals surface area contributed by atoms with Crippen LogP contribution in [0.5, 0.6) is 0 Å². The second-order valence-corrected chi connectivity index (χ2v) is 8.44. The standard InChI is InChI=1S/C22H29N5O3S/c1-25(2)20(28)17-24-22(23-10-16-31-18-7-4-3-5-8-18)27-13-11-26(12-14-27)21(29)19-9-6-15-30-19/h3-9,15H,10-14,16-17H2,1-2H3,(H,23,24). The molecule has 1 fully saturated rings. The van der Waals surface area contributed by atoms with Gasteiger partial charge in [0.1, 0.15) is 6.54 Å². The Morgan fingerprint density at radius 2 is 1.77 bits per heavy atom. The Kier molecular flexibility index (Phi) is 8.40. The van der Waals surface area contributed by atoms with Gasteiger partial charge in [0.05, 0.1) is 6.26 Å². The Labute approximate surface area is 187 Å². The lowest BCUT2D eigenvalue weighted by Gasteiger charge is -2.36. The number of hydrogen-bond acceptors (Lipinski definition) is 5. The van der Waals surface area contributed by atoms with Gasteiger partial charge in [0.15, 0.2) is 11.7 Å².